The molecule has 0 bridgehead atoms. The van der Waals surface area contributed by atoms with Gasteiger partial charge in [-0.05, 0) is 41.7 Å². The average Bonchev–Trinajstić information content (AvgIpc) is 2.72. The first-order valence-corrected chi connectivity index (χ1v) is 10.4. The van der Waals surface area contributed by atoms with Crippen LogP contribution in [-0.4, -0.2) is 39.6 Å². The van der Waals surface area contributed by atoms with Crippen LogP contribution in [0.4, 0.5) is 5.69 Å². The largest absolute Gasteiger partial charge is 0.507 e. The maximum Gasteiger partial charge on any atom is 0.339 e. The van der Waals surface area contributed by atoms with Crippen LogP contribution in [-0.2, 0) is 10.2 Å². The van der Waals surface area contributed by atoms with Crippen LogP contribution in [0, 0.1) is 0 Å². The number of benzene rings is 2. The molecular formula is C24H30N2O6. The lowest BCUT2D eigenvalue weighted by atomic mass is 9.84. The van der Waals surface area contributed by atoms with Crippen LogP contribution < -0.4 is 10.1 Å². The van der Waals surface area contributed by atoms with Gasteiger partial charge in [0.25, 0.3) is 0 Å². The molecule has 1 amide bonds. The lowest BCUT2D eigenvalue weighted by Gasteiger charge is -2.24. The average molecular weight is 443 g/mol. The van der Waals surface area contributed by atoms with Crippen molar-refractivity contribution in [3.63, 3.8) is 0 Å². The second-order valence-corrected chi connectivity index (χ2v) is 8.48. The quantitative estimate of drug-likeness (QED) is 0.251. The Hall–Kier alpha value is -3.55. The van der Waals surface area contributed by atoms with Crippen molar-refractivity contribution >= 4 is 23.3 Å². The Kier molecular flexibility index (Phi) is 8.23. The Morgan fingerprint density at radius 1 is 1.12 bits per heavy atom. The molecule has 0 spiro atoms. The Morgan fingerprint density at radius 3 is 2.41 bits per heavy atom. The molecule has 2 aromatic carbocycles. The summed E-state index contributed by atoms with van der Waals surface area (Å²) in [6.45, 7) is 7.98. The van der Waals surface area contributed by atoms with E-state index in [2.05, 4.69) is 10.5 Å². The number of phenols is 1. The number of hydrogen-bond donors (Lipinski definition) is 4. The molecular weight excluding hydrogens is 412 g/mol. The molecule has 0 saturated heterocycles. The van der Waals surface area contributed by atoms with Crippen LogP contribution in [0.5, 0.6) is 11.5 Å². The summed E-state index contributed by atoms with van der Waals surface area (Å²) in [5.74, 6) is -1.49. The third-order valence-corrected chi connectivity index (χ3v) is 4.89. The Labute approximate surface area is 187 Å². The highest BCUT2D eigenvalue weighted by atomic mass is 16.5. The zero-order valence-electron chi connectivity index (χ0n) is 18.8. The fourth-order valence-corrected chi connectivity index (χ4v) is 3.11. The summed E-state index contributed by atoms with van der Waals surface area (Å²) in [5, 5.41) is 34.7. The van der Waals surface area contributed by atoms with Crippen LogP contribution in [0.2, 0.25) is 0 Å². The van der Waals surface area contributed by atoms with Crippen LogP contribution in [0.1, 0.15) is 68.4 Å². The lowest BCUT2D eigenvalue weighted by molar-refractivity contribution is -0.116. The third-order valence-electron chi connectivity index (χ3n) is 4.89. The van der Waals surface area contributed by atoms with Crippen molar-refractivity contribution < 1.29 is 29.7 Å². The van der Waals surface area contributed by atoms with Gasteiger partial charge in [-0.2, -0.15) is 0 Å². The van der Waals surface area contributed by atoms with E-state index in [1.54, 1.807) is 12.1 Å². The number of oxime groups is 1. The number of carbonyl (C=O) groups is 2. The van der Waals surface area contributed by atoms with Gasteiger partial charge in [0.2, 0.25) is 5.91 Å². The summed E-state index contributed by atoms with van der Waals surface area (Å²) < 4.78 is 5.58. The molecule has 0 saturated carbocycles. The van der Waals surface area contributed by atoms with Gasteiger partial charge in [-0.15, -0.1) is 0 Å². The van der Waals surface area contributed by atoms with Crippen molar-refractivity contribution in [2.24, 2.45) is 5.16 Å². The molecule has 0 aromatic heterocycles. The fourth-order valence-electron chi connectivity index (χ4n) is 3.11. The molecule has 0 atom stereocenters. The summed E-state index contributed by atoms with van der Waals surface area (Å²) in [5.41, 5.74) is 1.90. The molecule has 8 heteroatoms. The molecule has 2 rings (SSSR count). The standard InChI is InChI=1S/C24H30N2O6/c1-5-6-7-22(28)25-19-11-8-15(12-18(19)24(2,3)4)20(26-31)14-32-16-9-10-17(23(29)30)21(27)13-16/h8-13,27,31H,5-7,14H2,1-4H3,(H,25,28)(H,29,30). The third kappa shape index (κ3) is 6.47. The van der Waals surface area contributed by atoms with Crippen LogP contribution in [0.25, 0.3) is 0 Å². The molecule has 0 unspecified atom stereocenters. The molecule has 2 aromatic rings. The van der Waals surface area contributed by atoms with Crippen molar-refractivity contribution in [1.82, 2.24) is 0 Å². The van der Waals surface area contributed by atoms with Crippen molar-refractivity contribution in [1.29, 1.82) is 0 Å². The number of hydrogen-bond acceptors (Lipinski definition) is 6. The highest BCUT2D eigenvalue weighted by molar-refractivity contribution is 6.02. The zero-order chi connectivity index (χ0) is 23.9. The smallest absolute Gasteiger partial charge is 0.339 e. The number of carboxylic acids is 1. The van der Waals surface area contributed by atoms with Gasteiger partial charge >= 0.3 is 5.97 Å². The molecule has 0 heterocycles. The first-order valence-electron chi connectivity index (χ1n) is 10.4. The fraction of sp³-hybridized carbons (Fsp3) is 0.375. The molecule has 172 valence electrons. The summed E-state index contributed by atoms with van der Waals surface area (Å²) in [7, 11) is 0. The van der Waals surface area contributed by atoms with E-state index >= 15 is 0 Å². The maximum atomic E-state index is 12.2. The molecule has 32 heavy (non-hydrogen) atoms. The number of anilines is 1. The number of nitrogens with one attached hydrogen (secondary N) is 1. The van der Waals surface area contributed by atoms with Crippen molar-refractivity contribution in [2.75, 3.05) is 11.9 Å². The minimum Gasteiger partial charge on any atom is -0.507 e. The molecule has 0 aliphatic carbocycles. The van der Waals surface area contributed by atoms with Gasteiger partial charge in [0.15, 0.2) is 0 Å². The number of nitrogens with zero attached hydrogens (tertiary/aromatic N) is 1. The molecule has 0 fully saturated rings. The molecule has 0 aliphatic heterocycles. The van der Waals surface area contributed by atoms with E-state index in [0.717, 1.165) is 18.4 Å². The topological polar surface area (TPSA) is 128 Å². The van der Waals surface area contributed by atoms with E-state index in [9.17, 15) is 19.9 Å². The van der Waals surface area contributed by atoms with Gasteiger partial charge in [0.1, 0.15) is 29.4 Å². The van der Waals surface area contributed by atoms with E-state index < -0.39 is 11.7 Å². The van der Waals surface area contributed by atoms with E-state index in [4.69, 9.17) is 9.84 Å². The zero-order valence-corrected chi connectivity index (χ0v) is 18.8. The molecule has 8 nitrogen and oxygen atoms in total. The van der Waals surface area contributed by atoms with Crippen molar-refractivity contribution in [2.45, 2.75) is 52.4 Å². The Balaban J connectivity index is 2.24. The monoisotopic (exact) mass is 442 g/mol. The highest BCUT2D eigenvalue weighted by Crippen LogP contribution is 2.31. The number of carboxylic acid groups (broad SMARTS) is 1. The van der Waals surface area contributed by atoms with Crippen LogP contribution in [0.3, 0.4) is 0 Å². The SMILES string of the molecule is CCCCC(=O)Nc1ccc(C(COc2ccc(C(=O)O)c(O)c2)=NO)cc1C(C)(C)C. The Bertz CT molecular complexity index is 1010. The summed E-state index contributed by atoms with van der Waals surface area (Å²) >= 11 is 0. The summed E-state index contributed by atoms with van der Waals surface area (Å²) in [4.78, 5) is 23.2. The highest BCUT2D eigenvalue weighted by Gasteiger charge is 2.21. The van der Waals surface area contributed by atoms with Gasteiger partial charge in [0, 0.05) is 23.7 Å². The van der Waals surface area contributed by atoms with E-state index in [1.807, 2.05) is 33.8 Å². The molecule has 0 aliphatic rings. The maximum absolute atomic E-state index is 12.2. The van der Waals surface area contributed by atoms with Gasteiger partial charge in [-0.1, -0.05) is 45.3 Å². The number of amides is 1. The molecule has 4 N–H and O–H groups in total. The van der Waals surface area contributed by atoms with E-state index in [-0.39, 0.29) is 35.0 Å². The molecule has 0 radical (unpaired) electrons. The minimum atomic E-state index is -1.25. The first kappa shape index (κ1) is 24.7. The first-order chi connectivity index (χ1) is 15.1. The van der Waals surface area contributed by atoms with E-state index in [1.165, 1.54) is 18.2 Å². The lowest BCUT2D eigenvalue weighted by Crippen LogP contribution is -2.20. The number of carbonyl (C=O) groups excluding carboxylic acids is 1. The predicted octanol–water partition coefficient (Wildman–Crippen LogP) is 4.77. The van der Waals surface area contributed by atoms with Gasteiger partial charge in [-0.3, -0.25) is 4.79 Å². The van der Waals surface area contributed by atoms with Crippen molar-refractivity contribution in [3.05, 3.63) is 53.1 Å². The van der Waals surface area contributed by atoms with Crippen molar-refractivity contribution in [3.8, 4) is 11.5 Å². The summed E-state index contributed by atoms with van der Waals surface area (Å²) in [6.07, 6.45) is 2.20. The second kappa shape index (κ2) is 10.7. The minimum absolute atomic E-state index is 0.0471. The number of aromatic carboxylic acids is 1. The van der Waals surface area contributed by atoms with Crippen LogP contribution >= 0.6 is 0 Å². The predicted molar refractivity (Wildman–Crippen MR) is 122 cm³/mol. The van der Waals surface area contributed by atoms with Gasteiger partial charge in [0.05, 0.1) is 0 Å². The van der Waals surface area contributed by atoms with E-state index in [0.29, 0.717) is 17.7 Å². The normalized spacial score (nSPS) is 11.8. The van der Waals surface area contributed by atoms with Gasteiger partial charge in [-0.25, -0.2) is 4.79 Å². The number of unbranched alkanes of at least 4 members (excludes halogenated alkanes) is 1. The number of aromatic hydroxyl groups is 1. The van der Waals surface area contributed by atoms with Gasteiger partial charge < -0.3 is 25.5 Å². The number of rotatable bonds is 9. The van der Waals surface area contributed by atoms with Crippen LogP contribution in [0.15, 0.2) is 41.6 Å². The second-order valence-electron chi connectivity index (χ2n) is 8.48. The number of ether oxygens (including phenoxy) is 1. The summed E-state index contributed by atoms with van der Waals surface area (Å²) in [6, 6.07) is 9.18. The Morgan fingerprint density at radius 2 is 1.84 bits per heavy atom.